The van der Waals surface area contributed by atoms with Crippen molar-refractivity contribution in [1.29, 1.82) is 0 Å². The fourth-order valence-corrected chi connectivity index (χ4v) is 3.05. The lowest BCUT2D eigenvalue weighted by Crippen LogP contribution is -2.08. The zero-order valence-corrected chi connectivity index (χ0v) is 11.0. The lowest BCUT2D eigenvalue weighted by molar-refractivity contribution is 0.288. The van der Waals surface area contributed by atoms with Gasteiger partial charge in [0.15, 0.2) is 0 Å². The molecule has 1 aromatic heterocycles. The number of aryl methyl sites for hydroxylation is 1. The maximum atomic E-state index is 5.62. The van der Waals surface area contributed by atoms with Crippen molar-refractivity contribution in [2.45, 2.75) is 19.3 Å². The highest BCUT2D eigenvalue weighted by Gasteiger charge is 2.12. The van der Waals surface area contributed by atoms with Crippen molar-refractivity contribution in [2.75, 3.05) is 13.2 Å². The number of aromatic nitrogens is 1. The van der Waals surface area contributed by atoms with E-state index in [9.17, 15) is 0 Å². The predicted molar refractivity (Wildman–Crippen MR) is 74.1 cm³/mol. The van der Waals surface area contributed by atoms with Crippen LogP contribution in [0.4, 0.5) is 0 Å². The van der Waals surface area contributed by atoms with Gasteiger partial charge in [0, 0.05) is 17.4 Å². The maximum Gasteiger partial charge on any atom is 0.123 e. The number of thiazole rings is 1. The third kappa shape index (κ3) is 2.26. The molecule has 0 radical (unpaired) electrons. The Kier molecular flexibility index (Phi) is 3.30. The van der Waals surface area contributed by atoms with Crippen molar-refractivity contribution in [3.05, 3.63) is 34.8 Å². The lowest BCUT2D eigenvalue weighted by atomic mass is 10.0. The molecule has 4 heteroatoms. The average Bonchev–Trinajstić information content (AvgIpc) is 2.87. The second-order valence-corrected chi connectivity index (χ2v) is 5.32. The number of fused-ring (bicyclic) bond motifs is 1. The van der Waals surface area contributed by atoms with Crippen LogP contribution in [0.3, 0.4) is 0 Å². The van der Waals surface area contributed by atoms with Crippen molar-refractivity contribution in [2.24, 2.45) is 5.73 Å². The van der Waals surface area contributed by atoms with Gasteiger partial charge < -0.3 is 10.5 Å². The van der Waals surface area contributed by atoms with Gasteiger partial charge in [-0.15, -0.1) is 11.3 Å². The van der Waals surface area contributed by atoms with Crippen molar-refractivity contribution in [3.63, 3.8) is 0 Å². The normalized spacial score (nSPS) is 14.1. The van der Waals surface area contributed by atoms with E-state index in [1.165, 1.54) is 11.1 Å². The van der Waals surface area contributed by atoms with Crippen molar-refractivity contribution in [3.8, 4) is 16.3 Å². The number of hydrogen-bond donors (Lipinski definition) is 1. The van der Waals surface area contributed by atoms with Gasteiger partial charge in [0.1, 0.15) is 10.8 Å². The number of hydrogen-bond acceptors (Lipinski definition) is 4. The first kappa shape index (κ1) is 11.7. The molecule has 0 atom stereocenters. The molecule has 2 heterocycles. The predicted octanol–water partition coefficient (Wildman–Crippen LogP) is 2.64. The Bertz CT molecular complexity index is 550. The van der Waals surface area contributed by atoms with E-state index in [0.29, 0.717) is 6.54 Å². The van der Waals surface area contributed by atoms with Gasteiger partial charge in [-0.2, -0.15) is 0 Å². The fourth-order valence-electron chi connectivity index (χ4n) is 2.20. The molecule has 0 aliphatic carbocycles. The van der Waals surface area contributed by atoms with Crippen LogP contribution in [0.5, 0.6) is 5.75 Å². The molecule has 1 aromatic carbocycles. The molecule has 0 fully saturated rings. The van der Waals surface area contributed by atoms with Gasteiger partial charge in [0.25, 0.3) is 0 Å². The zero-order chi connectivity index (χ0) is 12.4. The van der Waals surface area contributed by atoms with E-state index in [0.717, 1.165) is 42.3 Å². The first-order valence-corrected chi connectivity index (χ1v) is 7.15. The molecule has 1 aliphatic heterocycles. The summed E-state index contributed by atoms with van der Waals surface area (Å²) in [5, 5.41) is 3.17. The van der Waals surface area contributed by atoms with Crippen molar-refractivity contribution >= 4 is 11.3 Å². The van der Waals surface area contributed by atoms with Gasteiger partial charge in [-0.1, -0.05) is 0 Å². The third-order valence-electron chi connectivity index (χ3n) is 3.11. The van der Waals surface area contributed by atoms with Crippen LogP contribution in [0.1, 0.15) is 17.7 Å². The minimum absolute atomic E-state index is 0.654. The topological polar surface area (TPSA) is 48.1 Å². The minimum atomic E-state index is 0.654. The molecular formula is C14H16N2OS. The van der Waals surface area contributed by atoms with E-state index in [2.05, 4.69) is 28.6 Å². The molecule has 18 heavy (non-hydrogen) atoms. The SMILES string of the molecule is NCCc1csc(-c2ccc3c(c2)CCCO3)n1. The molecule has 0 saturated heterocycles. The highest BCUT2D eigenvalue weighted by atomic mass is 32.1. The summed E-state index contributed by atoms with van der Waals surface area (Å²) in [5.41, 5.74) is 9.12. The Morgan fingerprint density at radius 1 is 1.39 bits per heavy atom. The van der Waals surface area contributed by atoms with E-state index in [1.54, 1.807) is 11.3 Å². The Morgan fingerprint density at radius 3 is 3.22 bits per heavy atom. The molecule has 3 nitrogen and oxygen atoms in total. The molecule has 1 aliphatic rings. The van der Waals surface area contributed by atoms with Crippen molar-refractivity contribution in [1.82, 2.24) is 4.98 Å². The van der Waals surface area contributed by atoms with Gasteiger partial charge in [0.2, 0.25) is 0 Å². The van der Waals surface area contributed by atoms with Gasteiger partial charge >= 0.3 is 0 Å². The Hall–Kier alpha value is -1.39. The molecule has 3 rings (SSSR count). The Labute approximate surface area is 111 Å². The molecule has 0 saturated carbocycles. The first-order chi connectivity index (χ1) is 8.86. The number of benzene rings is 1. The van der Waals surface area contributed by atoms with Crippen LogP contribution in [0.15, 0.2) is 23.6 Å². The average molecular weight is 260 g/mol. The highest BCUT2D eigenvalue weighted by molar-refractivity contribution is 7.13. The van der Waals surface area contributed by atoms with Gasteiger partial charge in [0.05, 0.1) is 12.3 Å². The monoisotopic (exact) mass is 260 g/mol. The van der Waals surface area contributed by atoms with Crippen LogP contribution >= 0.6 is 11.3 Å². The molecule has 0 unspecified atom stereocenters. The smallest absolute Gasteiger partial charge is 0.123 e. The van der Waals surface area contributed by atoms with Crippen LogP contribution in [0, 0.1) is 0 Å². The number of nitrogens with two attached hydrogens (primary N) is 1. The highest BCUT2D eigenvalue weighted by Crippen LogP contribution is 2.31. The van der Waals surface area contributed by atoms with Gasteiger partial charge in [-0.3, -0.25) is 0 Å². The fraction of sp³-hybridized carbons (Fsp3) is 0.357. The summed E-state index contributed by atoms with van der Waals surface area (Å²) in [6.07, 6.45) is 3.06. The van der Waals surface area contributed by atoms with E-state index in [4.69, 9.17) is 10.5 Å². The zero-order valence-electron chi connectivity index (χ0n) is 10.2. The van der Waals surface area contributed by atoms with Crippen LogP contribution in [-0.2, 0) is 12.8 Å². The molecule has 0 bridgehead atoms. The van der Waals surface area contributed by atoms with Crippen molar-refractivity contribution < 1.29 is 4.74 Å². The summed E-state index contributed by atoms with van der Waals surface area (Å²) in [7, 11) is 0. The van der Waals surface area contributed by atoms with Gasteiger partial charge in [-0.05, 0) is 43.1 Å². The first-order valence-electron chi connectivity index (χ1n) is 6.27. The molecule has 2 N–H and O–H groups in total. The summed E-state index contributed by atoms with van der Waals surface area (Å²) in [6, 6.07) is 6.36. The molecular weight excluding hydrogens is 244 g/mol. The second-order valence-electron chi connectivity index (χ2n) is 4.46. The summed E-state index contributed by atoms with van der Waals surface area (Å²) >= 11 is 1.69. The summed E-state index contributed by atoms with van der Waals surface area (Å²) < 4.78 is 5.62. The molecule has 94 valence electrons. The molecule has 0 spiro atoms. The summed E-state index contributed by atoms with van der Waals surface area (Å²) in [4.78, 5) is 4.62. The molecule has 0 amide bonds. The van der Waals surface area contributed by atoms with E-state index in [1.807, 2.05) is 0 Å². The van der Waals surface area contributed by atoms with E-state index < -0.39 is 0 Å². The summed E-state index contributed by atoms with van der Waals surface area (Å²) in [5.74, 6) is 1.03. The van der Waals surface area contributed by atoms with Crippen LogP contribution in [-0.4, -0.2) is 18.1 Å². The largest absolute Gasteiger partial charge is 0.493 e. The lowest BCUT2D eigenvalue weighted by Gasteiger charge is -2.17. The van der Waals surface area contributed by atoms with Crippen LogP contribution in [0.2, 0.25) is 0 Å². The molecule has 2 aromatic rings. The quantitative estimate of drug-likeness (QED) is 0.923. The van der Waals surface area contributed by atoms with Gasteiger partial charge in [-0.25, -0.2) is 4.98 Å². The van der Waals surface area contributed by atoms with E-state index >= 15 is 0 Å². The van der Waals surface area contributed by atoms with Crippen LogP contribution < -0.4 is 10.5 Å². The Morgan fingerprint density at radius 2 is 2.33 bits per heavy atom. The number of nitrogens with zero attached hydrogens (tertiary/aromatic N) is 1. The second kappa shape index (κ2) is 5.08. The van der Waals surface area contributed by atoms with E-state index in [-0.39, 0.29) is 0 Å². The Balaban J connectivity index is 1.91. The standard InChI is InChI=1S/C14H16N2OS/c15-6-5-12-9-18-14(16-12)11-3-4-13-10(8-11)2-1-7-17-13/h3-4,8-9H,1-2,5-7,15H2. The third-order valence-corrected chi connectivity index (χ3v) is 4.05. The summed E-state index contributed by atoms with van der Waals surface area (Å²) in [6.45, 7) is 1.49. The number of rotatable bonds is 3. The van der Waals surface area contributed by atoms with Crippen LogP contribution in [0.25, 0.3) is 10.6 Å². The number of ether oxygens (including phenoxy) is 1. The maximum absolute atomic E-state index is 5.62. The minimum Gasteiger partial charge on any atom is -0.493 e.